The molecular weight excluding hydrogens is 587 g/mol. The smallest absolute Gasteiger partial charge is 0.295 e. The van der Waals surface area contributed by atoms with Crippen molar-refractivity contribution in [3.05, 3.63) is 24.3 Å². The molecule has 0 aliphatic rings. The van der Waals surface area contributed by atoms with Crippen molar-refractivity contribution < 1.29 is 13.6 Å². The van der Waals surface area contributed by atoms with Gasteiger partial charge in [0.15, 0.2) is 0 Å². The zero-order valence-electron chi connectivity index (χ0n) is 30.7. The normalized spacial score (nSPS) is 12.6. The fraction of sp³-hybridized carbons (Fsp3) is 0.850. The van der Waals surface area contributed by atoms with Crippen LogP contribution in [0.4, 0.5) is 0 Å². The van der Waals surface area contributed by atoms with Crippen LogP contribution in [-0.2, 0) is 13.6 Å². The summed E-state index contributed by atoms with van der Waals surface area (Å²) in [5.41, 5.74) is 0. The number of unbranched alkanes of at least 4 members (excludes halogenated alkanes) is 24. The summed E-state index contributed by atoms with van der Waals surface area (Å²) in [6, 6.07) is 0. The lowest BCUT2D eigenvalue weighted by Gasteiger charge is -2.00. The third kappa shape index (κ3) is 40.9. The van der Waals surface area contributed by atoms with E-state index in [4.69, 9.17) is 9.05 Å². The summed E-state index contributed by atoms with van der Waals surface area (Å²) in [5, 5.41) is 0. The first kappa shape index (κ1) is 44.8. The van der Waals surface area contributed by atoms with Crippen molar-refractivity contribution in [1.82, 2.24) is 0 Å². The Hall–Kier alpha value is -1.16. The van der Waals surface area contributed by atoms with Crippen LogP contribution in [0.15, 0.2) is 34.3 Å². The van der Waals surface area contributed by atoms with E-state index in [0.29, 0.717) is 0 Å². The predicted octanol–water partition coefficient (Wildman–Crippen LogP) is 13.9. The van der Waals surface area contributed by atoms with Gasteiger partial charge in [0.25, 0.3) is 0 Å². The van der Waals surface area contributed by atoms with Gasteiger partial charge in [-0.2, -0.15) is 0 Å². The van der Waals surface area contributed by atoms with Crippen molar-refractivity contribution in [2.45, 2.75) is 194 Å². The van der Waals surface area contributed by atoms with Gasteiger partial charge < -0.3 is 0 Å². The molecule has 0 aliphatic heterocycles. The maximum atomic E-state index is 11.8. The Morgan fingerprint density at radius 3 is 1.02 bits per heavy atom. The molecule has 0 saturated carbocycles. The lowest BCUT2D eigenvalue weighted by molar-refractivity contribution is 0.274. The van der Waals surface area contributed by atoms with Crippen molar-refractivity contribution in [3.8, 4) is 0 Å². The van der Waals surface area contributed by atoms with E-state index in [0.717, 1.165) is 25.9 Å². The third-order valence-electron chi connectivity index (χ3n) is 8.37. The van der Waals surface area contributed by atoms with Crippen molar-refractivity contribution in [2.24, 2.45) is 9.98 Å². The Kier molecular flexibility index (Phi) is 40.8. The molecule has 0 bridgehead atoms. The average Bonchev–Trinajstić information content (AvgIpc) is 3.06. The van der Waals surface area contributed by atoms with Crippen molar-refractivity contribution in [2.75, 3.05) is 26.3 Å². The standard InChI is InChI=1S/C40H76N2O3P/c1-3-5-7-9-11-13-15-17-19-21-23-25-27-29-31-33-35-41-37-39-44-46(43)45-40-38-42-36-34-32-30-28-26-24-22-20-18-16-14-12-10-8-6-4-2/h17-20,37-38H,3-16,21-36,39-40H2,1-2H3/q+1/b19-17-,20-18-,41-37?,42-38?. The summed E-state index contributed by atoms with van der Waals surface area (Å²) >= 11 is 0. The Morgan fingerprint density at radius 1 is 0.413 bits per heavy atom. The molecule has 0 N–H and O–H groups in total. The Morgan fingerprint density at radius 2 is 0.696 bits per heavy atom. The van der Waals surface area contributed by atoms with Gasteiger partial charge >= 0.3 is 8.25 Å². The molecule has 0 fully saturated rings. The lowest BCUT2D eigenvalue weighted by Crippen LogP contribution is -1.94. The summed E-state index contributed by atoms with van der Waals surface area (Å²) in [4.78, 5) is 8.73. The van der Waals surface area contributed by atoms with E-state index in [2.05, 4.69) is 48.1 Å². The number of rotatable bonds is 38. The van der Waals surface area contributed by atoms with E-state index >= 15 is 0 Å². The van der Waals surface area contributed by atoms with Crippen LogP contribution in [0.25, 0.3) is 0 Å². The van der Waals surface area contributed by atoms with Gasteiger partial charge in [0.2, 0.25) is 0 Å². The van der Waals surface area contributed by atoms with Gasteiger partial charge in [0, 0.05) is 30.1 Å². The summed E-state index contributed by atoms with van der Waals surface area (Å²) < 4.78 is 22.2. The van der Waals surface area contributed by atoms with E-state index in [1.165, 1.54) is 167 Å². The fourth-order valence-electron chi connectivity index (χ4n) is 5.41. The molecule has 0 heterocycles. The summed E-state index contributed by atoms with van der Waals surface area (Å²) in [6.07, 6.45) is 49.7. The third-order valence-corrected chi connectivity index (χ3v) is 9.08. The van der Waals surface area contributed by atoms with E-state index in [1.807, 2.05) is 0 Å². The minimum Gasteiger partial charge on any atom is -0.295 e. The molecule has 0 rings (SSSR count). The van der Waals surface area contributed by atoms with Gasteiger partial charge in [-0.05, 0) is 64.2 Å². The molecule has 6 heteroatoms. The van der Waals surface area contributed by atoms with Gasteiger partial charge in [-0.1, -0.05) is 154 Å². The zero-order valence-corrected chi connectivity index (χ0v) is 31.6. The van der Waals surface area contributed by atoms with Gasteiger partial charge in [0.1, 0.15) is 13.2 Å². The highest BCUT2D eigenvalue weighted by atomic mass is 31.1. The molecule has 5 nitrogen and oxygen atoms in total. The average molecular weight is 664 g/mol. The number of nitrogens with zero attached hydrogens (tertiary/aromatic N) is 2. The molecule has 0 aliphatic carbocycles. The largest absolute Gasteiger partial charge is 0.698 e. The Labute approximate surface area is 287 Å². The fourth-order valence-corrected chi connectivity index (χ4v) is 5.87. The first-order valence-electron chi connectivity index (χ1n) is 19.8. The minimum atomic E-state index is -2.11. The molecule has 0 amide bonds. The quantitative estimate of drug-likeness (QED) is 0.0286. The Bertz CT molecular complexity index is 665. The van der Waals surface area contributed by atoms with Crippen LogP contribution in [0.5, 0.6) is 0 Å². The van der Waals surface area contributed by atoms with Crippen LogP contribution in [0.2, 0.25) is 0 Å². The van der Waals surface area contributed by atoms with Gasteiger partial charge in [-0.25, -0.2) is 0 Å². The van der Waals surface area contributed by atoms with Crippen molar-refractivity contribution >= 4 is 20.7 Å². The van der Waals surface area contributed by atoms with E-state index in [9.17, 15) is 4.57 Å². The van der Waals surface area contributed by atoms with Crippen LogP contribution in [-0.4, -0.2) is 38.7 Å². The first-order chi connectivity index (χ1) is 22.8. The molecule has 46 heavy (non-hydrogen) atoms. The number of hydrogen-bond acceptors (Lipinski definition) is 5. The molecule has 0 aromatic rings. The lowest BCUT2D eigenvalue weighted by atomic mass is 10.1. The van der Waals surface area contributed by atoms with Gasteiger partial charge in [-0.15, -0.1) is 9.05 Å². The second-order valence-electron chi connectivity index (χ2n) is 12.9. The molecule has 268 valence electrons. The van der Waals surface area contributed by atoms with Crippen LogP contribution < -0.4 is 0 Å². The maximum absolute atomic E-state index is 11.8. The molecule has 0 aromatic heterocycles. The number of allylic oxidation sites excluding steroid dienone is 4. The second-order valence-corrected chi connectivity index (χ2v) is 13.8. The van der Waals surface area contributed by atoms with Gasteiger partial charge in [0.05, 0.1) is 0 Å². The molecule has 0 radical (unpaired) electrons. The molecule has 0 spiro atoms. The van der Waals surface area contributed by atoms with Crippen molar-refractivity contribution in [3.63, 3.8) is 0 Å². The predicted molar refractivity (Wildman–Crippen MR) is 205 cm³/mol. The highest BCUT2D eigenvalue weighted by molar-refractivity contribution is 7.33. The molecule has 0 atom stereocenters. The number of hydrogen-bond donors (Lipinski definition) is 0. The van der Waals surface area contributed by atoms with Crippen LogP contribution in [0.3, 0.4) is 0 Å². The molecular formula is C40H76N2O3P+. The van der Waals surface area contributed by atoms with Crippen LogP contribution in [0, 0.1) is 0 Å². The SMILES string of the molecule is CCCCCCCC/C=C\CCCCCCCCN=CCO[P+](=O)OCC=NCCCCCCCC/C=C\CCCCCCCC. The second kappa shape index (κ2) is 41.9. The van der Waals surface area contributed by atoms with Gasteiger partial charge in [-0.3, -0.25) is 9.98 Å². The molecule has 0 unspecified atom stereocenters. The summed E-state index contributed by atoms with van der Waals surface area (Å²) in [5.74, 6) is 0. The van der Waals surface area contributed by atoms with E-state index in [1.54, 1.807) is 12.4 Å². The first-order valence-corrected chi connectivity index (χ1v) is 20.9. The highest BCUT2D eigenvalue weighted by Gasteiger charge is 2.18. The van der Waals surface area contributed by atoms with Crippen LogP contribution >= 0.6 is 8.25 Å². The van der Waals surface area contributed by atoms with Crippen molar-refractivity contribution in [1.29, 1.82) is 0 Å². The minimum absolute atomic E-state index is 0.230. The molecule has 0 aromatic carbocycles. The number of aliphatic imine (C=N–C) groups is 2. The topological polar surface area (TPSA) is 60.2 Å². The zero-order chi connectivity index (χ0) is 33.3. The van der Waals surface area contributed by atoms with E-state index < -0.39 is 8.25 Å². The summed E-state index contributed by atoms with van der Waals surface area (Å²) in [7, 11) is -2.11. The maximum Gasteiger partial charge on any atom is 0.698 e. The summed E-state index contributed by atoms with van der Waals surface area (Å²) in [6.45, 7) is 6.63. The molecule has 0 saturated heterocycles. The monoisotopic (exact) mass is 664 g/mol. The Balaban J connectivity index is 3.32. The van der Waals surface area contributed by atoms with Crippen LogP contribution in [0.1, 0.15) is 194 Å². The highest BCUT2D eigenvalue weighted by Crippen LogP contribution is 2.22. The van der Waals surface area contributed by atoms with E-state index in [-0.39, 0.29) is 13.2 Å².